The summed E-state index contributed by atoms with van der Waals surface area (Å²) in [7, 11) is 1.61. The zero-order valence-electron chi connectivity index (χ0n) is 9.00. The molecule has 1 amide bonds. The molecule has 0 saturated carbocycles. The van der Waals surface area contributed by atoms with Gasteiger partial charge in [0.1, 0.15) is 5.82 Å². The van der Waals surface area contributed by atoms with Crippen LogP contribution in [-0.4, -0.2) is 24.5 Å². The van der Waals surface area contributed by atoms with Gasteiger partial charge in [-0.1, -0.05) is 0 Å². The maximum absolute atomic E-state index is 11.0. The van der Waals surface area contributed by atoms with Gasteiger partial charge in [0.25, 0.3) is 0 Å². The minimum atomic E-state index is -0.00581. The number of aryl methyl sites for hydroxylation is 1. The molecule has 0 aliphatic carbocycles. The van der Waals surface area contributed by atoms with Crippen molar-refractivity contribution < 1.29 is 4.79 Å². The Morgan fingerprint density at radius 1 is 1.60 bits per heavy atom. The van der Waals surface area contributed by atoms with Crippen molar-refractivity contribution in [1.82, 2.24) is 10.3 Å². The third kappa shape index (κ3) is 3.12. The second kappa shape index (κ2) is 5.19. The number of hydrogen-bond donors (Lipinski definition) is 3. The Bertz CT molecular complexity index is 351. The van der Waals surface area contributed by atoms with Gasteiger partial charge in [0.15, 0.2) is 0 Å². The lowest BCUT2D eigenvalue weighted by Crippen LogP contribution is -2.21. The second-order valence-corrected chi connectivity index (χ2v) is 3.24. The molecule has 1 rings (SSSR count). The van der Waals surface area contributed by atoms with Gasteiger partial charge in [-0.05, 0) is 18.6 Å². The molecule has 1 aromatic heterocycles. The Morgan fingerprint density at radius 3 is 3.00 bits per heavy atom. The van der Waals surface area contributed by atoms with Crippen LogP contribution in [0.25, 0.3) is 0 Å². The number of amides is 1. The van der Waals surface area contributed by atoms with E-state index in [1.54, 1.807) is 13.2 Å². The summed E-state index contributed by atoms with van der Waals surface area (Å²) in [5, 5.41) is 5.57. The monoisotopic (exact) mass is 208 g/mol. The van der Waals surface area contributed by atoms with E-state index in [2.05, 4.69) is 15.6 Å². The highest BCUT2D eigenvalue weighted by molar-refractivity contribution is 5.76. The topological polar surface area (TPSA) is 80.0 Å². The SMILES string of the molecule is CNC(=O)CCNc1nccc(C)c1N. The first-order valence-corrected chi connectivity index (χ1v) is 4.80. The first kappa shape index (κ1) is 11.3. The van der Waals surface area contributed by atoms with Gasteiger partial charge in [0.2, 0.25) is 5.91 Å². The van der Waals surface area contributed by atoms with E-state index >= 15 is 0 Å². The minimum Gasteiger partial charge on any atom is -0.396 e. The number of carbonyl (C=O) groups is 1. The molecule has 0 aromatic carbocycles. The van der Waals surface area contributed by atoms with Crippen molar-refractivity contribution in [3.8, 4) is 0 Å². The summed E-state index contributed by atoms with van der Waals surface area (Å²) >= 11 is 0. The quantitative estimate of drug-likeness (QED) is 0.674. The minimum absolute atomic E-state index is 0.00581. The molecule has 1 heterocycles. The summed E-state index contributed by atoms with van der Waals surface area (Å²) < 4.78 is 0. The fourth-order valence-electron chi connectivity index (χ4n) is 1.13. The molecule has 4 N–H and O–H groups in total. The van der Waals surface area contributed by atoms with Gasteiger partial charge in [0.05, 0.1) is 5.69 Å². The Balaban J connectivity index is 2.51. The maximum Gasteiger partial charge on any atom is 0.221 e. The van der Waals surface area contributed by atoms with Crippen molar-refractivity contribution in [2.24, 2.45) is 0 Å². The van der Waals surface area contributed by atoms with Crippen molar-refractivity contribution in [3.05, 3.63) is 17.8 Å². The number of rotatable bonds is 4. The van der Waals surface area contributed by atoms with Crippen LogP contribution in [0.3, 0.4) is 0 Å². The van der Waals surface area contributed by atoms with Crippen molar-refractivity contribution >= 4 is 17.4 Å². The fourth-order valence-corrected chi connectivity index (χ4v) is 1.13. The van der Waals surface area contributed by atoms with Crippen LogP contribution in [0.1, 0.15) is 12.0 Å². The maximum atomic E-state index is 11.0. The molecule has 0 radical (unpaired) electrons. The van der Waals surface area contributed by atoms with Gasteiger partial charge in [0, 0.05) is 26.2 Å². The standard InChI is InChI=1S/C10H16N4O/c1-7-3-5-13-10(9(7)11)14-6-4-8(15)12-2/h3,5H,4,6,11H2,1-2H3,(H,12,15)(H,13,14). The number of nitrogens with zero attached hydrogens (tertiary/aromatic N) is 1. The van der Waals surface area contributed by atoms with Crippen LogP contribution >= 0.6 is 0 Å². The highest BCUT2D eigenvalue weighted by Gasteiger charge is 2.03. The first-order chi connectivity index (χ1) is 7.15. The predicted octanol–water partition coefficient (Wildman–Crippen LogP) is 0.520. The second-order valence-electron chi connectivity index (χ2n) is 3.24. The Morgan fingerprint density at radius 2 is 2.33 bits per heavy atom. The van der Waals surface area contributed by atoms with Crippen LogP contribution in [0.4, 0.5) is 11.5 Å². The molecule has 0 spiro atoms. The van der Waals surface area contributed by atoms with Crippen molar-refractivity contribution in [1.29, 1.82) is 0 Å². The van der Waals surface area contributed by atoms with Crippen LogP contribution < -0.4 is 16.4 Å². The number of carbonyl (C=O) groups excluding carboxylic acids is 1. The summed E-state index contributed by atoms with van der Waals surface area (Å²) in [6, 6.07) is 1.85. The average Bonchev–Trinajstić information content (AvgIpc) is 2.24. The van der Waals surface area contributed by atoms with Crippen LogP contribution in [0.2, 0.25) is 0 Å². The van der Waals surface area contributed by atoms with Gasteiger partial charge >= 0.3 is 0 Å². The number of nitrogens with two attached hydrogens (primary N) is 1. The van der Waals surface area contributed by atoms with E-state index < -0.39 is 0 Å². The largest absolute Gasteiger partial charge is 0.396 e. The Kier molecular flexibility index (Phi) is 3.91. The van der Waals surface area contributed by atoms with Gasteiger partial charge < -0.3 is 16.4 Å². The lowest BCUT2D eigenvalue weighted by molar-refractivity contribution is -0.120. The van der Waals surface area contributed by atoms with Gasteiger partial charge in [-0.3, -0.25) is 4.79 Å². The summed E-state index contributed by atoms with van der Waals surface area (Å²) in [4.78, 5) is 15.0. The van der Waals surface area contributed by atoms with E-state index in [9.17, 15) is 4.79 Å². The molecule has 0 saturated heterocycles. The molecule has 5 heteroatoms. The van der Waals surface area contributed by atoms with Crippen molar-refractivity contribution in [2.75, 3.05) is 24.6 Å². The van der Waals surface area contributed by atoms with Crippen molar-refractivity contribution in [2.45, 2.75) is 13.3 Å². The van der Waals surface area contributed by atoms with Gasteiger partial charge in [-0.25, -0.2) is 4.98 Å². The summed E-state index contributed by atoms with van der Waals surface area (Å²) in [5.74, 6) is 0.632. The molecule has 0 aliphatic heterocycles. The smallest absolute Gasteiger partial charge is 0.221 e. The van der Waals surface area contributed by atoms with E-state index in [0.717, 1.165) is 5.56 Å². The molecule has 5 nitrogen and oxygen atoms in total. The van der Waals surface area contributed by atoms with Crippen LogP contribution in [0.5, 0.6) is 0 Å². The highest BCUT2D eigenvalue weighted by atomic mass is 16.1. The van der Waals surface area contributed by atoms with E-state index in [1.165, 1.54) is 0 Å². The fraction of sp³-hybridized carbons (Fsp3) is 0.400. The number of aromatic nitrogens is 1. The third-order valence-electron chi connectivity index (χ3n) is 2.13. The van der Waals surface area contributed by atoms with Crippen LogP contribution in [0, 0.1) is 6.92 Å². The molecule has 0 aliphatic rings. The highest BCUT2D eigenvalue weighted by Crippen LogP contribution is 2.18. The zero-order valence-corrected chi connectivity index (χ0v) is 9.00. The zero-order chi connectivity index (χ0) is 11.3. The molecule has 0 atom stereocenters. The lowest BCUT2D eigenvalue weighted by Gasteiger charge is -2.09. The van der Waals surface area contributed by atoms with Crippen molar-refractivity contribution in [3.63, 3.8) is 0 Å². The molecule has 0 bridgehead atoms. The molecule has 82 valence electrons. The number of nitrogen functional groups attached to an aromatic ring is 1. The Labute approximate surface area is 89.1 Å². The van der Waals surface area contributed by atoms with Gasteiger partial charge in [-0.15, -0.1) is 0 Å². The van der Waals surface area contributed by atoms with E-state index in [4.69, 9.17) is 5.73 Å². The lowest BCUT2D eigenvalue weighted by atomic mass is 10.2. The predicted molar refractivity (Wildman–Crippen MR) is 60.6 cm³/mol. The summed E-state index contributed by atoms with van der Waals surface area (Å²) in [6.45, 7) is 2.45. The third-order valence-corrected chi connectivity index (χ3v) is 2.13. The molecule has 1 aromatic rings. The van der Waals surface area contributed by atoms with E-state index in [1.807, 2.05) is 13.0 Å². The number of pyridine rings is 1. The first-order valence-electron chi connectivity index (χ1n) is 4.80. The molecular formula is C10H16N4O. The normalized spacial score (nSPS) is 9.73. The van der Waals surface area contributed by atoms with E-state index in [0.29, 0.717) is 24.5 Å². The number of hydrogen-bond acceptors (Lipinski definition) is 4. The Hall–Kier alpha value is -1.78. The van der Waals surface area contributed by atoms with Crippen LogP contribution in [-0.2, 0) is 4.79 Å². The summed E-state index contributed by atoms with van der Waals surface area (Å²) in [6.07, 6.45) is 2.10. The number of anilines is 2. The molecule has 0 fully saturated rings. The molecular weight excluding hydrogens is 192 g/mol. The van der Waals surface area contributed by atoms with Crippen LogP contribution in [0.15, 0.2) is 12.3 Å². The molecule has 15 heavy (non-hydrogen) atoms. The summed E-state index contributed by atoms with van der Waals surface area (Å²) in [5.41, 5.74) is 7.42. The average molecular weight is 208 g/mol. The van der Waals surface area contributed by atoms with E-state index in [-0.39, 0.29) is 5.91 Å². The number of nitrogens with one attached hydrogen (secondary N) is 2. The molecule has 0 unspecified atom stereocenters. The van der Waals surface area contributed by atoms with Gasteiger partial charge in [-0.2, -0.15) is 0 Å².